The van der Waals surface area contributed by atoms with E-state index in [-0.39, 0.29) is 42.7 Å². The van der Waals surface area contributed by atoms with E-state index in [0.717, 1.165) is 6.42 Å². The number of amides is 2. The summed E-state index contributed by atoms with van der Waals surface area (Å²) in [5.41, 5.74) is 4.71. The summed E-state index contributed by atoms with van der Waals surface area (Å²) in [6.07, 6.45) is 2.19. The standard InChI is InChI=1S/C27H32N2O5/c1-2-17(13-25(30)29-19-11-18(12-19)14-26(31)32)15-28-27(33)34-16-24-22-9-5-3-7-20(22)21-8-4-6-10-23(21)24/h3-10,17-19,24H,2,11-16H2,1H3,(H,28,33)(H,29,30)(H,31,32). The Morgan fingerprint density at radius 1 is 1.03 bits per heavy atom. The molecule has 1 atom stereocenters. The third-order valence-corrected chi connectivity index (χ3v) is 6.99. The molecule has 0 radical (unpaired) electrons. The maximum absolute atomic E-state index is 12.4. The predicted octanol–water partition coefficient (Wildman–Crippen LogP) is 4.31. The number of aliphatic carboxylic acids is 1. The number of alkyl carbamates (subject to hydrolysis) is 1. The van der Waals surface area contributed by atoms with Crippen molar-refractivity contribution >= 4 is 18.0 Å². The normalized spacial score (nSPS) is 19.3. The van der Waals surface area contributed by atoms with E-state index in [1.54, 1.807) is 0 Å². The van der Waals surface area contributed by atoms with Crippen LogP contribution in [0, 0.1) is 11.8 Å². The topological polar surface area (TPSA) is 105 Å². The number of carbonyl (C=O) groups excluding carboxylic acids is 2. The minimum Gasteiger partial charge on any atom is -0.481 e. The lowest BCUT2D eigenvalue weighted by Crippen LogP contribution is -2.45. The lowest BCUT2D eigenvalue weighted by Gasteiger charge is -2.35. The van der Waals surface area contributed by atoms with Crippen molar-refractivity contribution in [1.82, 2.24) is 10.6 Å². The summed E-state index contributed by atoms with van der Waals surface area (Å²) in [6.45, 7) is 2.62. The van der Waals surface area contributed by atoms with Gasteiger partial charge in [0.15, 0.2) is 0 Å². The molecule has 0 heterocycles. The van der Waals surface area contributed by atoms with Gasteiger partial charge in [0.25, 0.3) is 0 Å². The van der Waals surface area contributed by atoms with Gasteiger partial charge in [-0.2, -0.15) is 0 Å². The van der Waals surface area contributed by atoms with Gasteiger partial charge in [-0.15, -0.1) is 0 Å². The molecule has 0 bridgehead atoms. The number of benzene rings is 2. The van der Waals surface area contributed by atoms with Crippen LogP contribution >= 0.6 is 0 Å². The van der Waals surface area contributed by atoms with Crippen molar-refractivity contribution in [2.24, 2.45) is 11.8 Å². The van der Waals surface area contributed by atoms with Crippen LogP contribution in [-0.2, 0) is 14.3 Å². The molecule has 2 aromatic rings. The molecule has 34 heavy (non-hydrogen) atoms. The van der Waals surface area contributed by atoms with E-state index in [1.165, 1.54) is 22.3 Å². The molecule has 0 saturated heterocycles. The van der Waals surface area contributed by atoms with E-state index in [1.807, 2.05) is 31.2 Å². The molecule has 4 rings (SSSR count). The highest BCUT2D eigenvalue weighted by Gasteiger charge is 2.32. The molecule has 0 aliphatic heterocycles. The molecule has 2 amide bonds. The molecule has 1 saturated carbocycles. The van der Waals surface area contributed by atoms with Crippen molar-refractivity contribution in [2.45, 2.75) is 51.0 Å². The van der Waals surface area contributed by atoms with Gasteiger partial charge in [-0.3, -0.25) is 9.59 Å². The zero-order valence-electron chi connectivity index (χ0n) is 19.5. The van der Waals surface area contributed by atoms with E-state index in [0.29, 0.717) is 25.8 Å². The monoisotopic (exact) mass is 464 g/mol. The predicted molar refractivity (Wildman–Crippen MR) is 128 cm³/mol. The first-order chi connectivity index (χ1) is 16.4. The Balaban J connectivity index is 1.21. The number of fused-ring (bicyclic) bond motifs is 3. The summed E-state index contributed by atoms with van der Waals surface area (Å²) < 4.78 is 5.58. The van der Waals surface area contributed by atoms with E-state index in [4.69, 9.17) is 9.84 Å². The Morgan fingerprint density at radius 2 is 1.65 bits per heavy atom. The molecule has 2 aliphatic carbocycles. The van der Waals surface area contributed by atoms with Crippen LogP contribution in [0.4, 0.5) is 4.79 Å². The minimum atomic E-state index is -0.792. The number of nitrogens with one attached hydrogen (secondary N) is 2. The van der Waals surface area contributed by atoms with Crippen LogP contribution in [0.1, 0.15) is 56.1 Å². The second kappa shape index (κ2) is 10.7. The second-order valence-corrected chi connectivity index (χ2v) is 9.38. The number of carboxylic acid groups (broad SMARTS) is 1. The Bertz CT molecular complexity index is 1000. The average Bonchev–Trinajstić information content (AvgIpc) is 3.12. The third kappa shape index (κ3) is 5.58. The van der Waals surface area contributed by atoms with Crippen LogP contribution in [0.5, 0.6) is 0 Å². The highest BCUT2D eigenvalue weighted by atomic mass is 16.5. The maximum atomic E-state index is 12.4. The first-order valence-corrected chi connectivity index (χ1v) is 12.0. The first kappa shape index (κ1) is 23.8. The lowest BCUT2D eigenvalue weighted by atomic mass is 9.78. The van der Waals surface area contributed by atoms with E-state index in [2.05, 4.69) is 34.9 Å². The first-order valence-electron chi connectivity index (χ1n) is 12.0. The van der Waals surface area contributed by atoms with E-state index in [9.17, 15) is 14.4 Å². The van der Waals surface area contributed by atoms with Crippen LogP contribution in [0.3, 0.4) is 0 Å². The molecule has 180 valence electrons. The molecule has 7 nitrogen and oxygen atoms in total. The molecule has 1 fully saturated rings. The molecule has 1 unspecified atom stereocenters. The molecule has 2 aliphatic rings. The third-order valence-electron chi connectivity index (χ3n) is 6.99. The van der Waals surface area contributed by atoms with Crippen molar-refractivity contribution < 1.29 is 24.2 Å². The average molecular weight is 465 g/mol. The highest BCUT2D eigenvalue weighted by molar-refractivity contribution is 5.79. The van der Waals surface area contributed by atoms with Gasteiger partial charge in [-0.25, -0.2) is 4.79 Å². The number of carboxylic acids is 1. The van der Waals surface area contributed by atoms with Crippen LogP contribution in [0.15, 0.2) is 48.5 Å². The van der Waals surface area contributed by atoms with Gasteiger partial charge >= 0.3 is 12.1 Å². The zero-order valence-corrected chi connectivity index (χ0v) is 19.5. The fraction of sp³-hybridized carbons (Fsp3) is 0.444. The molecule has 7 heteroatoms. The van der Waals surface area contributed by atoms with Crippen molar-refractivity contribution in [1.29, 1.82) is 0 Å². The van der Waals surface area contributed by atoms with Crippen molar-refractivity contribution in [3.8, 4) is 11.1 Å². The Kier molecular flexibility index (Phi) is 7.50. The summed E-state index contributed by atoms with van der Waals surface area (Å²) >= 11 is 0. The van der Waals surface area contributed by atoms with Crippen molar-refractivity contribution in [2.75, 3.05) is 13.2 Å². The molecule has 2 aromatic carbocycles. The number of rotatable bonds is 10. The van der Waals surface area contributed by atoms with Crippen LogP contribution in [0.25, 0.3) is 11.1 Å². The van der Waals surface area contributed by atoms with Gasteiger partial charge in [-0.1, -0.05) is 61.9 Å². The smallest absolute Gasteiger partial charge is 0.407 e. The molecule has 0 spiro atoms. The Hall–Kier alpha value is -3.35. The van der Waals surface area contributed by atoms with Gasteiger partial charge in [0.05, 0.1) is 0 Å². The number of carbonyl (C=O) groups is 3. The van der Waals surface area contributed by atoms with Gasteiger partial charge < -0.3 is 20.5 Å². The lowest BCUT2D eigenvalue weighted by molar-refractivity contribution is -0.139. The fourth-order valence-corrected chi connectivity index (χ4v) is 5.05. The van der Waals surface area contributed by atoms with Crippen LogP contribution in [-0.4, -0.2) is 42.3 Å². The van der Waals surface area contributed by atoms with Gasteiger partial charge in [-0.05, 0) is 46.9 Å². The summed E-state index contributed by atoms with van der Waals surface area (Å²) in [4.78, 5) is 35.5. The quantitative estimate of drug-likeness (QED) is 0.486. The highest BCUT2D eigenvalue weighted by Crippen LogP contribution is 2.44. The van der Waals surface area contributed by atoms with Gasteiger partial charge in [0, 0.05) is 31.3 Å². The summed E-state index contributed by atoms with van der Waals surface area (Å²) in [7, 11) is 0. The van der Waals surface area contributed by atoms with Gasteiger partial charge in [0.2, 0.25) is 5.91 Å². The second-order valence-electron chi connectivity index (χ2n) is 9.38. The van der Waals surface area contributed by atoms with Crippen molar-refractivity contribution in [3.05, 3.63) is 59.7 Å². The SMILES string of the molecule is CCC(CNC(=O)OCC1c2ccccc2-c2ccccc21)CC(=O)NC1CC(CC(=O)O)C1. The molecular weight excluding hydrogens is 432 g/mol. The Morgan fingerprint density at radius 3 is 2.24 bits per heavy atom. The summed E-state index contributed by atoms with van der Waals surface area (Å²) in [6, 6.07) is 16.5. The molecule has 0 aromatic heterocycles. The minimum absolute atomic E-state index is 0.00961. The summed E-state index contributed by atoms with van der Waals surface area (Å²) in [5, 5.41) is 14.6. The van der Waals surface area contributed by atoms with E-state index < -0.39 is 12.1 Å². The molecule has 3 N–H and O–H groups in total. The van der Waals surface area contributed by atoms with Gasteiger partial charge in [0.1, 0.15) is 6.61 Å². The fourth-order valence-electron chi connectivity index (χ4n) is 5.05. The molecular formula is C27H32N2O5. The number of hydrogen-bond donors (Lipinski definition) is 3. The number of ether oxygens (including phenoxy) is 1. The van der Waals surface area contributed by atoms with Crippen LogP contribution < -0.4 is 10.6 Å². The summed E-state index contributed by atoms with van der Waals surface area (Å²) in [5.74, 6) is -0.672. The van der Waals surface area contributed by atoms with Crippen LogP contribution in [0.2, 0.25) is 0 Å². The maximum Gasteiger partial charge on any atom is 0.407 e. The zero-order chi connectivity index (χ0) is 24.1. The Labute approximate surface area is 199 Å². The largest absolute Gasteiger partial charge is 0.481 e. The number of hydrogen-bond acceptors (Lipinski definition) is 4. The van der Waals surface area contributed by atoms with Crippen molar-refractivity contribution in [3.63, 3.8) is 0 Å². The van der Waals surface area contributed by atoms with E-state index >= 15 is 0 Å².